The lowest BCUT2D eigenvalue weighted by Gasteiger charge is -2.18. The zero-order valence-corrected chi connectivity index (χ0v) is 11.2. The highest BCUT2D eigenvalue weighted by atomic mass is 16.3. The lowest BCUT2D eigenvalue weighted by Crippen LogP contribution is -2.28. The van der Waals surface area contributed by atoms with Gasteiger partial charge in [-0.05, 0) is 24.1 Å². The monoisotopic (exact) mass is 271 g/mol. The van der Waals surface area contributed by atoms with Gasteiger partial charge in [-0.25, -0.2) is 0 Å². The summed E-state index contributed by atoms with van der Waals surface area (Å²) < 4.78 is 0. The Morgan fingerprint density at radius 1 is 1.05 bits per heavy atom. The number of phenols is 2. The third-order valence-corrected chi connectivity index (χ3v) is 3.16. The Hall–Kier alpha value is -2.49. The summed E-state index contributed by atoms with van der Waals surface area (Å²) >= 11 is 0. The van der Waals surface area contributed by atoms with Crippen molar-refractivity contribution >= 4 is 5.91 Å². The summed E-state index contributed by atoms with van der Waals surface area (Å²) in [5.41, 5.74) is 0.889. The average molecular weight is 271 g/mol. The van der Waals surface area contributed by atoms with Crippen molar-refractivity contribution in [2.75, 3.05) is 0 Å². The zero-order valence-electron chi connectivity index (χ0n) is 11.2. The number of carbonyl (C=O) groups excluding carboxylic acids is 1. The van der Waals surface area contributed by atoms with Gasteiger partial charge in [0.2, 0.25) is 0 Å². The second-order valence-electron chi connectivity index (χ2n) is 4.52. The minimum absolute atomic E-state index is 0.0955. The van der Waals surface area contributed by atoms with Gasteiger partial charge in [0.25, 0.3) is 5.91 Å². The van der Waals surface area contributed by atoms with Crippen molar-refractivity contribution in [3.05, 3.63) is 59.7 Å². The van der Waals surface area contributed by atoms with Crippen molar-refractivity contribution < 1.29 is 15.0 Å². The first-order valence-corrected chi connectivity index (χ1v) is 6.50. The minimum atomic E-state index is -0.490. The predicted molar refractivity (Wildman–Crippen MR) is 76.7 cm³/mol. The van der Waals surface area contributed by atoms with E-state index in [1.54, 1.807) is 0 Å². The minimum Gasteiger partial charge on any atom is -0.507 e. The van der Waals surface area contributed by atoms with Crippen molar-refractivity contribution in [3.63, 3.8) is 0 Å². The lowest BCUT2D eigenvalue weighted by atomic mass is 10.0. The molecule has 0 heterocycles. The molecule has 0 aliphatic heterocycles. The number of carbonyl (C=O) groups is 1. The number of amides is 1. The van der Waals surface area contributed by atoms with Gasteiger partial charge in [-0.15, -0.1) is 0 Å². The summed E-state index contributed by atoms with van der Waals surface area (Å²) in [4.78, 5) is 12.2. The number of aromatic hydroxyl groups is 2. The van der Waals surface area contributed by atoms with Gasteiger partial charge in [-0.3, -0.25) is 4.79 Å². The molecule has 2 rings (SSSR count). The van der Waals surface area contributed by atoms with Gasteiger partial charge in [0, 0.05) is 0 Å². The van der Waals surface area contributed by atoms with Crippen LogP contribution in [0.25, 0.3) is 0 Å². The Kier molecular flexibility index (Phi) is 4.25. The topological polar surface area (TPSA) is 69.6 Å². The third-order valence-electron chi connectivity index (χ3n) is 3.16. The smallest absolute Gasteiger partial charge is 0.259 e. The maximum atomic E-state index is 12.2. The molecule has 1 amide bonds. The molecule has 104 valence electrons. The average Bonchev–Trinajstić information content (AvgIpc) is 2.45. The zero-order chi connectivity index (χ0) is 14.5. The Bertz CT molecular complexity index is 576. The Morgan fingerprint density at radius 3 is 2.20 bits per heavy atom. The number of phenolic OH excluding ortho intramolecular Hbond substituents is 2. The van der Waals surface area contributed by atoms with Crippen molar-refractivity contribution in [1.82, 2.24) is 5.32 Å². The molecule has 0 spiro atoms. The van der Waals surface area contributed by atoms with Crippen LogP contribution in [0.4, 0.5) is 0 Å². The van der Waals surface area contributed by atoms with Gasteiger partial charge >= 0.3 is 0 Å². The van der Waals surface area contributed by atoms with Crippen LogP contribution in [0.5, 0.6) is 11.5 Å². The second-order valence-corrected chi connectivity index (χ2v) is 4.52. The highest BCUT2D eigenvalue weighted by Gasteiger charge is 2.19. The highest BCUT2D eigenvalue weighted by molar-refractivity contribution is 5.99. The molecule has 0 aromatic heterocycles. The first-order valence-electron chi connectivity index (χ1n) is 6.50. The van der Waals surface area contributed by atoms with Gasteiger partial charge in [0.1, 0.15) is 17.1 Å². The quantitative estimate of drug-likeness (QED) is 0.800. The third kappa shape index (κ3) is 2.91. The molecule has 0 aliphatic rings. The van der Waals surface area contributed by atoms with E-state index in [0.717, 1.165) is 5.56 Å². The van der Waals surface area contributed by atoms with Crippen LogP contribution in [0.15, 0.2) is 48.5 Å². The van der Waals surface area contributed by atoms with Crippen LogP contribution in [0.2, 0.25) is 0 Å². The molecular weight excluding hydrogens is 254 g/mol. The van der Waals surface area contributed by atoms with Gasteiger partial charge < -0.3 is 15.5 Å². The van der Waals surface area contributed by atoms with Crippen molar-refractivity contribution in [2.45, 2.75) is 19.4 Å². The summed E-state index contributed by atoms with van der Waals surface area (Å²) in [7, 11) is 0. The first-order chi connectivity index (χ1) is 9.63. The van der Waals surface area contributed by atoms with Crippen LogP contribution >= 0.6 is 0 Å². The molecular formula is C16H17NO3. The molecule has 20 heavy (non-hydrogen) atoms. The number of hydrogen-bond donors (Lipinski definition) is 3. The molecule has 0 aliphatic carbocycles. The van der Waals surface area contributed by atoms with Crippen LogP contribution in [0.3, 0.4) is 0 Å². The first kappa shape index (κ1) is 13.9. The lowest BCUT2D eigenvalue weighted by molar-refractivity contribution is 0.0930. The van der Waals surface area contributed by atoms with Gasteiger partial charge in [0.05, 0.1) is 6.04 Å². The van der Waals surface area contributed by atoms with E-state index >= 15 is 0 Å². The van der Waals surface area contributed by atoms with Gasteiger partial charge in [-0.2, -0.15) is 0 Å². The maximum absolute atomic E-state index is 12.2. The summed E-state index contributed by atoms with van der Waals surface area (Å²) in [5.74, 6) is -0.952. The van der Waals surface area contributed by atoms with Crippen molar-refractivity contribution in [3.8, 4) is 11.5 Å². The Morgan fingerprint density at radius 2 is 1.65 bits per heavy atom. The molecule has 3 N–H and O–H groups in total. The molecule has 1 unspecified atom stereocenters. The van der Waals surface area contributed by atoms with Crippen molar-refractivity contribution in [2.24, 2.45) is 0 Å². The van der Waals surface area contributed by atoms with E-state index < -0.39 is 5.91 Å². The van der Waals surface area contributed by atoms with Crippen LogP contribution < -0.4 is 5.32 Å². The Balaban J connectivity index is 2.22. The largest absolute Gasteiger partial charge is 0.507 e. The fourth-order valence-electron chi connectivity index (χ4n) is 2.10. The second kappa shape index (κ2) is 6.10. The maximum Gasteiger partial charge on any atom is 0.259 e. The SMILES string of the molecule is CCC(NC(=O)c1c(O)cccc1O)c1ccccc1. The van der Waals surface area contributed by atoms with Gasteiger partial charge in [-0.1, -0.05) is 43.3 Å². The normalized spacial score (nSPS) is 11.8. The van der Waals surface area contributed by atoms with E-state index in [4.69, 9.17) is 0 Å². The van der Waals surface area contributed by atoms with Gasteiger partial charge in [0.15, 0.2) is 0 Å². The molecule has 0 fully saturated rings. The van der Waals surface area contributed by atoms with Crippen LogP contribution in [0.1, 0.15) is 35.3 Å². The summed E-state index contributed by atoms with van der Waals surface area (Å²) in [5, 5.41) is 22.2. The van der Waals surface area contributed by atoms with E-state index in [2.05, 4.69) is 5.32 Å². The number of hydrogen-bond acceptors (Lipinski definition) is 3. The molecule has 1 atom stereocenters. The van der Waals surface area contributed by atoms with E-state index in [0.29, 0.717) is 6.42 Å². The molecule has 0 radical (unpaired) electrons. The summed E-state index contributed by atoms with van der Waals surface area (Å²) in [6.07, 6.45) is 0.712. The van der Waals surface area contributed by atoms with E-state index in [1.165, 1.54) is 18.2 Å². The molecule has 2 aromatic carbocycles. The number of nitrogens with one attached hydrogen (secondary N) is 1. The molecule has 0 bridgehead atoms. The highest BCUT2D eigenvalue weighted by Crippen LogP contribution is 2.27. The summed E-state index contributed by atoms with van der Waals surface area (Å²) in [6.45, 7) is 1.96. The summed E-state index contributed by atoms with van der Waals surface area (Å²) in [6, 6.07) is 13.6. The molecule has 4 nitrogen and oxygen atoms in total. The molecule has 0 saturated carbocycles. The predicted octanol–water partition coefficient (Wildman–Crippen LogP) is 2.98. The molecule has 2 aromatic rings. The van der Waals surface area contributed by atoms with Crippen molar-refractivity contribution in [1.29, 1.82) is 0 Å². The van der Waals surface area contributed by atoms with Crippen LogP contribution in [0, 0.1) is 0 Å². The fraction of sp³-hybridized carbons (Fsp3) is 0.188. The number of rotatable bonds is 4. The number of benzene rings is 2. The van der Waals surface area contributed by atoms with Crippen LogP contribution in [-0.2, 0) is 0 Å². The fourth-order valence-corrected chi connectivity index (χ4v) is 2.10. The molecule has 4 heteroatoms. The standard InChI is InChI=1S/C16H17NO3/c1-2-12(11-7-4-3-5-8-11)17-16(20)15-13(18)9-6-10-14(15)19/h3-10,12,18-19H,2H2,1H3,(H,17,20). The molecule has 0 saturated heterocycles. The van der Waals surface area contributed by atoms with Crippen LogP contribution in [-0.4, -0.2) is 16.1 Å². The van der Waals surface area contributed by atoms with E-state index in [9.17, 15) is 15.0 Å². The van der Waals surface area contributed by atoms with E-state index in [-0.39, 0.29) is 23.1 Å². The van der Waals surface area contributed by atoms with E-state index in [1.807, 2.05) is 37.3 Å². The Labute approximate surface area is 117 Å².